The van der Waals surface area contributed by atoms with Gasteiger partial charge in [-0.1, -0.05) is 0 Å². The molecule has 1 aliphatic rings. The summed E-state index contributed by atoms with van der Waals surface area (Å²) in [5.74, 6) is 0.171. The summed E-state index contributed by atoms with van der Waals surface area (Å²) in [6.45, 7) is 0.201. The van der Waals surface area contributed by atoms with E-state index in [1.807, 2.05) is 0 Å². The molecule has 0 N–H and O–H groups in total. The predicted octanol–water partition coefficient (Wildman–Crippen LogP) is -0.471. The van der Waals surface area contributed by atoms with E-state index in [-0.39, 0.29) is 30.0 Å². The second-order valence-electron chi connectivity index (χ2n) is 4.30. The van der Waals surface area contributed by atoms with Gasteiger partial charge in [0.05, 0.1) is 17.8 Å². The van der Waals surface area contributed by atoms with Crippen LogP contribution in [0.15, 0.2) is 18.7 Å². The van der Waals surface area contributed by atoms with E-state index in [0.29, 0.717) is 6.42 Å². The molecule has 2 rings (SSSR count). The zero-order chi connectivity index (χ0) is 12.5. The lowest BCUT2D eigenvalue weighted by Crippen LogP contribution is -2.39. The number of likely N-dealkylation sites (N-methyl/N-ethyl adjacent to an activating group) is 1. The second kappa shape index (κ2) is 4.48. The molecule has 0 saturated carbocycles. The molecule has 0 spiro atoms. The molecule has 1 aromatic rings. The van der Waals surface area contributed by atoms with Crippen molar-refractivity contribution in [3.05, 3.63) is 18.7 Å². The van der Waals surface area contributed by atoms with Crippen LogP contribution < -0.4 is 0 Å². The normalized spacial score (nSPS) is 22.5. The van der Waals surface area contributed by atoms with E-state index in [9.17, 15) is 13.2 Å². The largest absolute Gasteiger partial charge is 0.340 e. The maximum absolute atomic E-state index is 11.9. The quantitative estimate of drug-likeness (QED) is 0.734. The minimum absolute atomic E-state index is 0.0825. The van der Waals surface area contributed by atoms with Crippen molar-refractivity contribution in [1.82, 2.24) is 14.5 Å². The van der Waals surface area contributed by atoms with Crippen molar-refractivity contribution in [2.45, 2.75) is 19.0 Å². The number of imidazole rings is 1. The van der Waals surface area contributed by atoms with E-state index in [2.05, 4.69) is 4.98 Å². The molecule has 1 unspecified atom stereocenters. The van der Waals surface area contributed by atoms with Gasteiger partial charge in [-0.25, -0.2) is 13.4 Å². The Morgan fingerprint density at radius 2 is 2.35 bits per heavy atom. The molecule has 0 radical (unpaired) electrons. The molecule has 2 heterocycles. The van der Waals surface area contributed by atoms with Crippen LogP contribution in [0.25, 0.3) is 0 Å². The average molecular weight is 257 g/mol. The van der Waals surface area contributed by atoms with Crippen molar-refractivity contribution in [3.8, 4) is 0 Å². The van der Waals surface area contributed by atoms with E-state index in [1.54, 1.807) is 30.3 Å². The van der Waals surface area contributed by atoms with Crippen LogP contribution in [0.1, 0.15) is 6.42 Å². The van der Waals surface area contributed by atoms with Crippen molar-refractivity contribution < 1.29 is 13.2 Å². The molecule has 1 amide bonds. The van der Waals surface area contributed by atoms with Crippen LogP contribution in [0, 0.1) is 0 Å². The fourth-order valence-electron chi connectivity index (χ4n) is 1.93. The van der Waals surface area contributed by atoms with E-state index < -0.39 is 9.84 Å². The van der Waals surface area contributed by atoms with E-state index in [1.165, 1.54) is 4.90 Å². The van der Waals surface area contributed by atoms with Gasteiger partial charge in [-0.05, 0) is 6.42 Å². The summed E-state index contributed by atoms with van der Waals surface area (Å²) in [4.78, 5) is 17.3. The molecule has 0 aliphatic carbocycles. The number of hydrogen-bond acceptors (Lipinski definition) is 4. The summed E-state index contributed by atoms with van der Waals surface area (Å²) in [5.41, 5.74) is 0. The van der Waals surface area contributed by atoms with Gasteiger partial charge in [0.15, 0.2) is 9.84 Å². The molecular weight excluding hydrogens is 242 g/mol. The highest BCUT2D eigenvalue weighted by Crippen LogP contribution is 2.16. The Morgan fingerprint density at radius 3 is 2.88 bits per heavy atom. The number of sulfone groups is 1. The number of carbonyl (C=O) groups excluding carboxylic acids is 1. The SMILES string of the molecule is CN(C(=O)Cn1ccnc1)C1CCS(=O)(=O)C1. The molecule has 1 saturated heterocycles. The highest BCUT2D eigenvalue weighted by molar-refractivity contribution is 7.91. The van der Waals surface area contributed by atoms with Crippen molar-refractivity contribution in [2.24, 2.45) is 0 Å². The molecule has 94 valence electrons. The van der Waals surface area contributed by atoms with E-state index in [0.717, 1.165) is 0 Å². The van der Waals surface area contributed by atoms with Crippen LogP contribution in [0.5, 0.6) is 0 Å². The van der Waals surface area contributed by atoms with E-state index in [4.69, 9.17) is 0 Å². The van der Waals surface area contributed by atoms with Crippen LogP contribution >= 0.6 is 0 Å². The number of amides is 1. The zero-order valence-electron chi connectivity index (χ0n) is 9.61. The molecule has 6 nitrogen and oxygen atoms in total. The molecule has 1 aromatic heterocycles. The topological polar surface area (TPSA) is 72.3 Å². The lowest BCUT2D eigenvalue weighted by Gasteiger charge is -2.23. The third-order valence-corrected chi connectivity index (χ3v) is 4.78. The number of nitrogens with zero attached hydrogens (tertiary/aromatic N) is 3. The fraction of sp³-hybridized carbons (Fsp3) is 0.600. The molecule has 1 aliphatic heterocycles. The summed E-state index contributed by atoms with van der Waals surface area (Å²) in [6.07, 6.45) is 5.41. The van der Waals surface area contributed by atoms with Crippen molar-refractivity contribution >= 4 is 15.7 Å². The summed E-state index contributed by atoms with van der Waals surface area (Å²) in [5, 5.41) is 0. The Bertz CT molecular complexity index is 495. The smallest absolute Gasteiger partial charge is 0.242 e. The minimum Gasteiger partial charge on any atom is -0.340 e. The summed E-state index contributed by atoms with van der Waals surface area (Å²) in [6, 6.07) is -0.184. The van der Waals surface area contributed by atoms with Crippen molar-refractivity contribution in [2.75, 3.05) is 18.6 Å². The van der Waals surface area contributed by atoms with Gasteiger partial charge in [-0.15, -0.1) is 0 Å². The number of aromatic nitrogens is 2. The maximum Gasteiger partial charge on any atom is 0.242 e. The summed E-state index contributed by atoms with van der Waals surface area (Å²) >= 11 is 0. The second-order valence-corrected chi connectivity index (χ2v) is 6.53. The van der Waals surface area contributed by atoms with Gasteiger partial charge in [0.1, 0.15) is 6.54 Å². The van der Waals surface area contributed by atoms with Crippen molar-refractivity contribution in [1.29, 1.82) is 0 Å². The summed E-state index contributed by atoms with van der Waals surface area (Å²) in [7, 11) is -1.29. The molecule has 0 bridgehead atoms. The van der Waals surface area contributed by atoms with Gasteiger partial charge in [-0.2, -0.15) is 0 Å². The van der Waals surface area contributed by atoms with E-state index >= 15 is 0 Å². The third kappa shape index (κ3) is 2.85. The first-order valence-corrected chi connectivity index (χ1v) is 7.22. The van der Waals surface area contributed by atoms with Gasteiger partial charge in [0, 0.05) is 25.5 Å². The Balaban J connectivity index is 1.96. The Kier molecular flexibility index (Phi) is 3.19. The van der Waals surface area contributed by atoms with Crippen LogP contribution in [0.3, 0.4) is 0 Å². The first-order chi connectivity index (χ1) is 7.98. The Morgan fingerprint density at radius 1 is 1.59 bits per heavy atom. The lowest BCUT2D eigenvalue weighted by molar-refractivity contribution is -0.132. The predicted molar refractivity (Wildman–Crippen MR) is 62.1 cm³/mol. The van der Waals surface area contributed by atoms with Crippen LogP contribution in [0.2, 0.25) is 0 Å². The maximum atomic E-state index is 11.9. The number of hydrogen-bond donors (Lipinski definition) is 0. The monoisotopic (exact) mass is 257 g/mol. The minimum atomic E-state index is -2.95. The Hall–Kier alpha value is -1.37. The fourth-order valence-corrected chi connectivity index (χ4v) is 3.71. The molecule has 1 atom stereocenters. The zero-order valence-corrected chi connectivity index (χ0v) is 10.4. The highest BCUT2D eigenvalue weighted by atomic mass is 32.2. The van der Waals surface area contributed by atoms with Crippen LogP contribution in [-0.4, -0.2) is 53.4 Å². The highest BCUT2D eigenvalue weighted by Gasteiger charge is 2.32. The number of carbonyl (C=O) groups is 1. The third-order valence-electron chi connectivity index (χ3n) is 3.03. The van der Waals surface area contributed by atoms with Gasteiger partial charge >= 0.3 is 0 Å². The van der Waals surface area contributed by atoms with Crippen molar-refractivity contribution in [3.63, 3.8) is 0 Å². The van der Waals surface area contributed by atoms with Crippen LogP contribution in [0.4, 0.5) is 0 Å². The van der Waals surface area contributed by atoms with Gasteiger partial charge < -0.3 is 9.47 Å². The lowest BCUT2D eigenvalue weighted by atomic mass is 10.2. The first-order valence-electron chi connectivity index (χ1n) is 5.40. The standard InChI is InChI=1S/C10H15N3O3S/c1-12(9-2-5-17(15,16)7-9)10(14)6-13-4-3-11-8-13/h3-4,8-9H,2,5-7H2,1H3. The van der Waals surface area contributed by atoms with Crippen LogP contribution in [-0.2, 0) is 21.2 Å². The molecular formula is C10H15N3O3S. The first kappa shape index (κ1) is 12.1. The van der Waals surface area contributed by atoms with Gasteiger partial charge in [-0.3, -0.25) is 4.79 Å². The number of rotatable bonds is 3. The Labute approximate surface area is 100 Å². The van der Waals surface area contributed by atoms with Gasteiger partial charge in [0.25, 0.3) is 0 Å². The average Bonchev–Trinajstić information content (AvgIpc) is 2.86. The molecule has 0 aromatic carbocycles. The summed E-state index contributed by atoms with van der Waals surface area (Å²) < 4.78 is 24.3. The van der Waals surface area contributed by atoms with Gasteiger partial charge in [0.2, 0.25) is 5.91 Å². The molecule has 17 heavy (non-hydrogen) atoms. The molecule has 7 heteroatoms. The molecule has 1 fully saturated rings.